The maximum Gasteiger partial charge on any atom is -0.314 e. The van der Waals surface area contributed by atoms with Crippen molar-refractivity contribution < 1.29 is 27.7 Å². The average Bonchev–Trinajstić information content (AvgIpc) is 1.00. The summed E-state index contributed by atoms with van der Waals surface area (Å²) in [4.78, 5) is 0. The van der Waals surface area contributed by atoms with Crippen LogP contribution in [-0.4, -0.2) is 61.3 Å². The van der Waals surface area contributed by atoms with E-state index in [9.17, 15) is 0 Å². The third kappa shape index (κ3) is 8.97. The van der Waals surface area contributed by atoms with E-state index < -0.39 is 0 Å². The molecule has 0 unspecified atom stereocenters. The minimum absolute atomic E-state index is 0. The maximum absolute atomic E-state index is 2.51. The summed E-state index contributed by atoms with van der Waals surface area (Å²) < 4.78 is 0. The fraction of sp³-hybridized carbons (Fsp3) is 0. The molecule has 0 atom stereocenters. The van der Waals surface area contributed by atoms with Crippen molar-refractivity contribution in [3.05, 3.63) is 0 Å². The predicted molar refractivity (Wildman–Crippen MR) is 22.8 cm³/mol. The smallest absolute Gasteiger partial charge is 0.314 e. The summed E-state index contributed by atoms with van der Waals surface area (Å²) in [5.41, 5.74) is 0. The van der Waals surface area contributed by atoms with Gasteiger partial charge in [-0.25, -0.2) is 0 Å². The monoisotopic (exact) mass is 452 g/mol. The summed E-state index contributed by atoms with van der Waals surface area (Å²) in [6.07, 6.45) is 0. The van der Waals surface area contributed by atoms with Crippen molar-refractivity contribution in [1.29, 1.82) is 0 Å². The normalized spacial score (nSPS) is 1.75. The molecule has 0 saturated heterocycles. The molecule has 0 aromatic carbocycles. The molecule has 0 spiro atoms. The molecule has 18 valence electrons. The van der Waals surface area contributed by atoms with E-state index in [-0.39, 0.29) is 38.6 Å². The summed E-state index contributed by atoms with van der Waals surface area (Å²) in [6.45, 7) is 0. The van der Waals surface area contributed by atoms with E-state index in [0.717, 1.165) is 43.1 Å². The molecule has 0 saturated carbocycles. The van der Waals surface area contributed by atoms with Crippen LogP contribution in [0.15, 0.2) is 0 Å². The molecule has 4 heavy (non-hydrogen) atoms. The molecule has 0 nitrogen and oxygen atoms in total. The van der Waals surface area contributed by atoms with Crippen molar-refractivity contribution in [2.24, 2.45) is 0 Å². The Balaban J connectivity index is -0.00000000500. The van der Waals surface area contributed by atoms with E-state index in [0.29, 0.717) is 0 Å². The molecule has 0 aromatic rings. The molecule has 0 aromatic heterocycles. The van der Waals surface area contributed by atoms with Crippen LogP contribution in [-0.2, 0) is 27.7 Å². The van der Waals surface area contributed by atoms with Crippen LogP contribution < -0.4 is 0 Å². The van der Waals surface area contributed by atoms with E-state index in [1.165, 1.54) is 0 Å². The SMILES string of the molecule is [Hg].[SeH][Ba+].[SiH3-]. The van der Waals surface area contributed by atoms with E-state index in [1.807, 2.05) is 0 Å². The van der Waals surface area contributed by atoms with Gasteiger partial charge in [0.15, 0.2) is 0 Å². The van der Waals surface area contributed by atoms with Crippen molar-refractivity contribution in [2.75, 3.05) is 0 Å². The minimum atomic E-state index is 0. The molecule has 0 bridgehead atoms. The quantitative estimate of drug-likeness (QED) is 0.369. The second-order valence-corrected chi connectivity index (χ2v) is 0. The Morgan fingerprint density at radius 1 is 1.25 bits per heavy atom. The summed E-state index contributed by atoms with van der Waals surface area (Å²) >= 11 is 0.965. The first-order valence-corrected chi connectivity index (χ1v) is 12.0. The zero-order chi connectivity index (χ0) is 2.00. The van der Waals surface area contributed by atoms with E-state index in [4.69, 9.17) is 0 Å². The van der Waals surface area contributed by atoms with Crippen LogP contribution in [0.25, 0.3) is 0 Å². The van der Waals surface area contributed by atoms with Gasteiger partial charge in [-0.1, -0.05) is 0 Å². The molecule has 0 amide bonds. The molecule has 0 aliphatic rings. The Kier molecular flexibility index (Phi) is 64.0. The molecule has 0 radical (unpaired) electrons. The summed E-state index contributed by atoms with van der Waals surface area (Å²) in [6, 6.07) is 0. The van der Waals surface area contributed by atoms with Crippen molar-refractivity contribution >= 4 is 61.3 Å². The molecule has 4 heteroatoms. The van der Waals surface area contributed by atoms with Gasteiger partial charge in [0.2, 0.25) is 0 Å². The molecule has 0 rings (SSSR count). The zero-order valence-corrected chi connectivity index (χ0v) is 16.7. The van der Waals surface area contributed by atoms with Gasteiger partial charge in [-0.2, -0.15) is 0 Å². The van der Waals surface area contributed by atoms with Crippen molar-refractivity contribution in [3.63, 3.8) is 0 Å². The minimum Gasteiger partial charge on any atom is -0.314 e. The number of hydrogen-bond acceptors (Lipinski definition) is 0. The van der Waals surface area contributed by atoms with Gasteiger partial charge in [-0.15, -0.1) is 0 Å². The molecular weight excluding hydrogens is 445 g/mol. The van der Waals surface area contributed by atoms with Gasteiger partial charge in [-0.3, -0.25) is 0 Å². The van der Waals surface area contributed by atoms with Crippen LogP contribution >= 0.6 is 0 Å². The van der Waals surface area contributed by atoms with Crippen molar-refractivity contribution in [1.82, 2.24) is 0 Å². The first-order valence-electron chi connectivity index (χ1n) is 0.316. The van der Waals surface area contributed by atoms with Gasteiger partial charge in [-0.05, 0) is 0 Å². The average molecular weight is 449 g/mol. The van der Waals surface area contributed by atoms with E-state index >= 15 is 0 Å². The van der Waals surface area contributed by atoms with E-state index in [2.05, 4.69) is 7.23 Å². The third-order valence-corrected chi connectivity index (χ3v) is 0. The standard InChI is InChI=1S/Ba.Hg.H2Se.H3Si/h;;1H2;1H3/q+2;;;-1/p-1. The van der Waals surface area contributed by atoms with Crippen LogP contribution in [0.2, 0.25) is 0 Å². The van der Waals surface area contributed by atoms with Gasteiger partial charge >= 0.3 is 50.3 Å². The number of hydrogen-bond donors (Lipinski definition) is 0. The van der Waals surface area contributed by atoms with Crippen molar-refractivity contribution in [2.45, 2.75) is 0 Å². The molecule has 0 aliphatic carbocycles. The Hall–Kier alpha value is 3.24. The van der Waals surface area contributed by atoms with Gasteiger partial charge in [0.1, 0.15) is 0 Å². The largest absolute Gasteiger partial charge is 0.314 e. The topological polar surface area (TPSA) is 0 Å². The fourth-order valence-electron chi connectivity index (χ4n) is 0. The zero-order valence-electron chi connectivity index (χ0n) is 2.86. The first-order chi connectivity index (χ1) is 1.00. The Morgan fingerprint density at radius 2 is 1.25 bits per heavy atom. The van der Waals surface area contributed by atoms with Crippen LogP contribution in [0.3, 0.4) is 0 Å². The van der Waals surface area contributed by atoms with Gasteiger partial charge in [0.05, 0.1) is 0 Å². The third-order valence-electron chi connectivity index (χ3n) is 0. The molecule has 0 aliphatic heterocycles. The molecule has 0 fully saturated rings. The van der Waals surface area contributed by atoms with Crippen molar-refractivity contribution in [3.8, 4) is 0 Å². The van der Waals surface area contributed by atoms with Gasteiger partial charge in [0.25, 0.3) is 0 Å². The summed E-state index contributed by atoms with van der Waals surface area (Å²) in [7, 11) is 2.51. The molecule has 0 heterocycles. The second kappa shape index (κ2) is 16.3. The molecular formula is H4BaHgSeSi. The summed E-state index contributed by atoms with van der Waals surface area (Å²) in [5.74, 6) is 0. The Bertz CT molecular complexity index is 8.00. The van der Waals surface area contributed by atoms with Crippen LogP contribution in [0.1, 0.15) is 0 Å². The molecule has 0 N–H and O–H groups in total. The summed E-state index contributed by atoms with van der Waals surface area (Å²) in [5, 5.41) is 0. The van der Waals surface area contributed by atoms with Crippen LogP contribution in [0.5, 0.6) is 0 Å². The predicted octanol–water partition coefficient (Wildman–Crippen LogP) is -2.22. The maximum atomic E-state index is 2.51. The Morgan fingerprint density at radius 3 is 1.25 bits per heavy atom. The fourth-order valence-corrected chi connectivity index (χ4v) is 0. The Labute approximate surface area is 86.3 Å². The van der Waals surface area contributed by atoms with Crippen LogP contribution in [0.4, 0.5) is 0 Å². The van der Waals surface area contributed by atoms with Crippen LogP contribution in [0, 0.1) is 0 Å². The van der Waals surface area contributed by atoms with Gasteiger partial charge in [0, 0.05) is 27.7 Å². The second-order valence-electron chi connectivity index (χ2n) is 0. The first kappa shape index (κ1) is 15.7. The van der Waals surface area contributed by atoms with Gasteiger partial charge < -0.3 is 11.0 Å². The number of rotatable bonds is 0. The van der Waals surface area contributed by atoms with E-state index in [1.54, 1.807) is 0 Å².